The molecular formula is C17H31N3O3. The van der Waals surface area contributed by atoms with Gasteiger partial charge in [0.2, 0.25) is 11.8 Å². The van der Waals surface area contributed by atoms with Crippen LogP contribution in [0.1, 0.15) is 40.0 Å². The van der Waals surface area contributed by atoms with E-state index in [-0.39, 0.29) is 23.3 Å². The second kappa shape index (κ2) is 7.62. The molecule has 2 saturated heterocycles. The molecular weight excluding hydrogens is 294 g/mol. The first-order valence-corrected chi connectivity index (χ1v) is 8.73. The number of carbonyl (C=O) groups is 2. The fourth-order valence-electron chi connectivity index (χ4n) is 3.03. The van der Waals surface area contributed by atoms with E-state index in [1.807, 2.05) is 25.7 Å². The van der Waals surface area contributed by atoms with Crippen LogP contribution in [0.2, 0.25) is 0 Å². The van der Waals surface area contributed by atoms with Crippen LogP contribution in [0.3, 0.4) is 0 Å². The van der Waals surface area contributed by atoms with E-state index in [1.54, 1.807) is 4.90 Å². The fraction of sp³-hybridized carbons (Fsp3) is 0.882. The first-order chi connectivity index (χ1) is 10.8. The lowest BCUT2D eigenvalue weighted by Crippen LogP contribution is -2.52. The van der Waals surface area contributed by atoms with Crippen LogP contribution in [0.15, 0.2) is 0 Å². The van der Waals surface area contributed by atoms with Gasteiger partial charge in [-0.3, -0.25) is 14.5 Å². The van der Waals surface area contributed by atoms with E-state index in [2.05, 4.69) is 4.90 Å². The molecule has 0 saturated carbocycles. The zero-order chi connectivity index (χ0) is 17.0. The molecule has 2 aliphatic heterocycles. The molecule has 0 aliphatic carbocycles. The largest absolute Gasteiger partial charge is 0.391 e. The van der Waals surface area contributed by atoms with E-state index in [9.17, 15) is 14.7 Å². The Hall–Kier alpha value is -1.14. The Bertz CT molecular complexity index is 425. The molecule has 6 nitrogen and oxygen atoms in total. The van der Waals surface area contributed by atoms with Crippen molar-refractivity contribution in [1.29, 1.82) is 0 Å². The predicted molar refractivity (Wildman–Crippen MR) is 88.9 cm³/mol. The molecule has 0 aromatic rings. The Kier molecular flexibility index (Phi) is 6.03. The summed E-state index contributed by atoms with van der Waals surface area (Å²) in [5.74, 6) is 0.319. The number of rotatable bonds is 5. The normalized spacial score (nSPS) is 21.8. The molecule has 0 aromatic carbocycles. The Balaban J connectivity index is 1.69. The summed E-state index contributed by atoms with van der Waals surface area (Å²) in [5.41, 5.74) is -0.116. The molecule has 0 aromatic heterocycles. The highest BCUT2D eigenvalue weighted by molar-refractivity contribution is 5.80. The van der Waals surface area contributed by atoms with Crippen molar-refractivity contribution in [3.05, 3.63) is 0 Å². The number of piperazine rings is 1. The topological polar surface area (TPSA) is 64.1 Å². The first kappa shape index (κ1) is 18.2. The van der Waals surface area contributed by atoms with Gasteiger partial charge in [0.1, 0.15) is 0 Å². The third-order valence-electron chi connectivity index (χ3n) is 4.92. The number of β-amino-alcohol motifs (C(OH)–C–C–N with tert-alkyl or cyclic N) is 1. The van der Waals surface area contributed by atoms with Crippen molar-refractivity contribution in [2.24, 2.45) is 5.41 Å². The number of aliphatic hydroxyl groups is 1. The lowest BCUT2D eigenvalue weighted by atomic mass is 9.89. The highest BCUT2D eigenvalue weighted by Crippen LogP contribution is 2.20. The van der Waals surface area contributed by atoms with Crippen molar-refractivity contribution in [2.75, 3.05) is 45.8 Å². The maximum Gasteiger partial charge on any atom is 0.224 e. The standard InChI is InChI=1S/C17H31N3O3/c1-17(2,3)14(21)13-18-9-11-20(12-10-18)16(23)6-8-19-7-4-5-15(19)22/h14,21H,4-13H2,1-3H3/t14-/m1/s1. The molecule has 6 heteroatoms. The van der Waals surface area contributed by atoms with Crippen LogP contribution < -0.4 is 0 Å². The highest BCUT2D eigenvalue weighted by Gasteiger charge is 2.28. The number of likely N-dealkylation sites (tertiary alicyclic amines) is 1. The van der Waals surface area contributed by atoms with Crippen molar-refractivity contribution >= 4 is 11.8 Å². The summed E-state index contributed by atoms with van der Waals surface area (Å²) in [6, 6.07) is 0. The molecule has 0 spiro atoms. The maximum absolute atomic E-state index is 12.3. The van der Waals surface area contributed by atoms with Gasteiger partial charge < -0.3 is 14.9 Å². The summed E-state index contributed by atoms with van der Waals surface area (Å²) >= 11 is 0. The molecule has 1 atom stereocenters. The second-order valence-electron chi connectivity index (χ2n) is 7.80. The van der Waals surface area contributed by atoms with Crippen molar-refractivity contribution < 1.29 is 14.7 Å². The van der Waals surface area contributed by atoms with E-state index in [0.29, 0.717) is 39.0 Å². The van der Waals surface area contributed by atoms with E-state index in [1.165, 1.54) is 0 Å². The monoisotopic (exact) mass is 325 g/mol. The van der Waals surface area contributed by atoms with Gasteiger partial charge in [-0.25, -0.2) is 0 Å². The van der Waals surface area contributed by atoms with E-state index >= 15 is 0 Å². The average Bonchev–Trinajstić information content (AvgIpc) is 2.90. The van der Waals surface area contributed by atoms with Crippen LogP contribution >= 0.6 is 0 Å². The number of nitrogens with zero attached hydrogens (tertiary/aromatic N) is 3. The third-order valence-corrected chi connectivity index (χ3v) is 4.92. The van der Waals surface area contributed by atoms with E-state index in [4.69, 9.17) is 0 Å². The van der Waals surface area contributed by atoms with E-state index in [0.717, 1.165) is 26.1 Å². The Labute approximate surface area is 139 Å². The quantitative estimate of drug-likeness (QED) is 0.802. The van der Waals surface area contributed by atoms with E-state index < -0.39 is 0 Å². The zero-order valence-corrected chi connectivity index (χ0v) is 14.8. The SMILES string of the molecule is CC(C)(C)[C@H](O)CN1CCN(C(=O)CCN2CCCC2=O)CC1. The molecule has 2 fully saturated rings. The van der Waals surface area contributed by atoms with Gasteiger partial charge in [0.15, 0.2) is 0 Å². The van der Waals surface area contributed by atoms with Crippen molar-refractivity contribution in [1.82, 2.24) is 14.7 Å². The summed E-state index contributed by atoms with van der Waals surface area (Å²) in [6.07, 6.45) is 1.62. The molecule has 2 amide bonds. The van der Waals surface area contributed by atoms with Gasteiger partial charge in [-0.05, 0) is 11.8 Å². The number of hydrogen-bond donors (Lipinski definition) is 1. The number of carbonyl (C=O) groups excluding carboxylic acids is 2. The van der Waals surface area contributed by atoms with Gasteiger partial charge >= 0.3 is 0 Å². The minimum Gasteiger partial charge on any atom is -0.391 e. The van der Waals surface area contributed by atoms with Crippen molar-refractivity contribution in [3.8, 4) is 0 Å². The zero-order valence-electron chi connectivity index (χ0n) is 14.8. The maximum atomic E-state index is 12.3. The molecule has 0 bridgehead atoms. The van der Waals surface area contributed by atoms with Crippen LogP contribution in [0, 0.1) is 5.41 Å². The summed E-state index contributed by atoms with van der Waals surface area (Å²) in [7, 11) is 0. The molecule has 132 valence electrons. The lowest BCUT2D eigenvalue weighted by Gasteiger charge is -2.38. The second-order valence-corrected chi connectivity index (χ2v) is 7.80. The van der Waals surface area contributed by atoms with Gasteiger partial charge in [0, 0.05) is 58.7 Å². The summed E-state index contributed by atoms with van der Waals surface area (Å²) in [4.78, 5) is 29.7. The van der Waals surface area contributed by atoms with Gasteiger partial charge in [-0.15, -0.1) is 0 Å². The molecule has 2 heterocycles. The number of amides is 2. The van der Waals surface area contributed by atoms with Gasteiger partial charge in [-0.1, -0.05) is 20.8 Å². The number of aliphatic hydroxyl groups excluding tert-OH is 1. The van der Waals surface area contributed by atoms with Crippen LogP contribution in [0.4, 0.5) is 0 Å². The smallest absolute Gasteiger partial charge is 0.224 e. The van der Waals surface area contributed by atoms with Crippen LogP contribution in [0.5, 0.6) is 0 Å². The average molecular weight is 325 g/mol. The predicted octanol–water partition coefficient (Wildman–Crippen LogP) is 0.550. The first-order valence-electron chi connectivity index (χ1n) is 8.73. The van der Waals surface area contributed by atoms with Gasteiger partial charge in [0.25, 0.3) is 0 Å². The van der Waals surface area contributed by atoms with Gasteiger partial charge in [-0.2, -0.15) is 0 Å². The van der Waals surface area contributed by atoms with Crippen molar-refractivity contribution in [2.45, 2.75) is 46.1 Å². The summed E-state index contributed by atoms with van der Waals surface area (Å²) < 4.78 is 0. The minimum absolute atomic E-state index is 0.116. The molecule has 0 radical (unpaired) electrons. The third kappa shape index (κ3) is 5.18. The minimum atomic E-state index is -0.356. The summed E-state index contributed by atoms with van der Waals surface area (Å²) in [6.45, 7) is 11.2. The molecule has 0 unspecified atom stereocenters. The molecule has 2 rings (SSSR count). The van der Waals surface area contributed by atoms with Crippen LogP contribution in [-0.4, -0.2) is 83.5 Å². The molecule has 23 heavy (non-hydrogen) atoms. The number of hydrogen-bond acceptors (Lipinski definition) is 4. The van der Waals surface area contributed by atoms with Crippen LogP contribution in [-0.2, 0) is 9.59 Å². The van der Waals surface area contributed by atoms with Crippen LogP contribution in [0.25, 0.3) is 0 Å². The Morgan fingerprint density at radius 1 is 1.17 bits per heavy atom. The molecule has 2 aliphatic rings. The van der Waals surface area contributed by atoms with Crippen molar-refractivity contribution in [3.63, 3.8) is 0 Å². The highest BCUT2D eigenvalue weighted by atomic mass is 16.3. The fourth-order valence-corrected chi connectivity index (χ4v) is 3.03. The molecule has 1 N–H and O–H groups in total. The summed E-state index contributed by atoms with van der Waals surface area (Å²) in [5, 5.41) is 10.2. The lowest BCUT2D eigenvalue weighted by molar-refractivity contribution is -0.134. The van der Waals surface area contributed by atoms with Gasteiger partial charge in [0.05, 0.1) is 6.10 Å². The Morgan fingerprint density at radius 2 is 1.83 bits per heavy atom. The Morgan fingerprint density at radius 3 is 2.35 bits per heavy atom.